The predicted octanol–water partition coefficient (Wildman–Crippen LogP) is 2.21. The van der Waals surface area contributed by atoms with E-state index in [1.54, 1.807) is 19.1 Å². The van der Waals surface area contributed by atoms with Crippen LogP contribution in [0.3, 0.4) is 0 Å². The number of ether oxygens (including phenoxy) is 1. The zero-order chi connectivity index (χ0) is 13.1. The third-order valence-corrected chi connectivity index (χ3v) is 3.12. The number of esters is 1. The van der Waals surface area contributed by atoms with Gasteiger partial charge in [-0.2, -0.15) is 0 Å². The second-order valence-electron chi connectivity index (χ2n) is 4.75. The van der Waals surface area contributed by atoms with Crippen LogP contribution in [0.4, 0.5) is 5.69 Å². The fourth-order valence-corrected chi connectivity index (χ4v) is 1.73. The SMILES string of the molecule is C[C@H](OC(=O)[C@H]1C[C@@H]1C)C(=O)Nc1ccccc1. The van der Waals surface area contributed by atoms with E-state index in [1.807, 2.05) is 25.1 Å². The van der Waals surface area contributed by atoms with Crippen molar-refractivity contribution < 1.29 is 14.3 Å². The summed E-state index contributed by atoms with van der Waals surface area (Å²) in [7, 11) is 0. The molecule has 1 aliphatic rings. The number of rotatable bonds is 4. The van der Waals surface area contributed by atoms with Crippen molar-refractivity contribution in [1.82, 2.24) is 0 Å². The highest BCUT2D eigenvalue weighted by atomic mass is 16.5. The molecule has 0 unspecified atom stereocenters. The van der Waals surface area contributed by atoms with Crippen LogP contribution in [0.15, 0.2) is 30.3 Å². The maximum absolute atomic E-state index is 11.8. The standard InChI is InChI=1S/C14H17NO3/c1-9-8-12(9)14(17)18-10(2)13(16)15-11-6-4-3-5-7-11/h3-7,9-10,12H,8H2,1-2H3,(H,15,16)/t9-,10-,12-/m0/s1. The summed E-state index contributed by atoms with van der Waals surface area (Å²) >= 11 is 0. The minimum Gasteiger partial charge on any atom is -0.452 e. The first-order chi connectivity index (χ1) is 8.58. The normalized spacial score (nSPS) is 23.0. The monoisotopic (exact) mass is 247 g/mol. The Labute approximate surface area is 106 Å². The van der Waals surface area contributed by atoms with Gasteiger partial charge < -0.3 is 10.1 Å². The lowest BCUT2D eigenvalue weighted by molar-refractivity contribution is -0.154. The van der Waals surface area contributed by atoms with Crippen molar-refractivity contribution in [3.63, 3.8) is 0 Å². The van der Waals surface area contributed by atoms with E-state index in [0.29, 0.717) is 11.6 Å². The lowest BCUT2D eigenvalue weighted by Gasteiger charge is -2.13. The van der Waals surface area contributed by atoms with Gasteiger partial charge in [-0.25, -0.2) is 0 Å². The minimum atomic E-state index is -0.759. The molecule has 1 aromatic rings. The van der Waals surface area contributed by atoms with Crippen molar-refractivity contribution in [2.24, 2.45) is 11.8 Å². The third-order valence-electron chi connectivity index (χ3n) is 3.12. The number of nitrogens with one attached hydrogen (secondary N) is 1. The molecule has 1 saturated carbocycles. The van der Waals surface area contributed by atoms with E-state index in [4.69, 9.17) is 4.74 Å². The number of carbonyl (C=O) groups is 2. The molecule has 1 aliphatic carbocycles. The van der Waals surface area contributed by atoms with Gasteiger partial charge in [0.2, 0.25) is 0 Å². The first-order valence-electron chi connectivity index (χ1n) is 6.14. The van der Waals surface area contributed by atoms with Gasteiger partial charge in [-0.1, -0.05) is 25.1 Å². The van der Waals surface area contributed by atoms with Crippen molar-refractivity contribution in [2.45, 2.75) is 26.4 Å². The fourth-order valence-electron chi connectivity index (χ4n) is 1.73. The Hall–Kier alpha value is -1.84. The van der Waals surface area contributed by atoms with Gasteiger partial charge in [-0.15, -0.1) is 0 Å². The molecule has 0 saturated heterocycles. The summed E-state index contributed by atoms with van der Waals surface area (Å²) in [5.74, 6) is -0.195. The maximum Gasteiger partial charge on any atom is 0.309 e. The Bertz CT molecular complexity index is 444. The highest BCUT2D eigenvalue weighted by molar-refractivity contribution is 5.95. The van der Waals surface area contributed by atoms with Crippen molar-refractivity contribution >= 4 is 17.6 Å². The molecular formula is C14H17NO3. The molecule has 3 atom stereocenters. The number of carbonyl (C=O) groups excluding carboxylic acids is 2. The second kappa shape index (κ2) is 5.21. The van der Waals surface area contributed by atoms with Crippen LogP contribution in [-0.2, 0) is 14.3 Å². The van der Waals surface area contributed by atoms with Gasteiger partial charge in [0.05, 0.1) is 5.92 Å². The lowest BCUT2D eigenvalue weighted by Crippen LogP contribution is -2.30. The molecule has 1 amide bonds. The van der Waals surface area contributed by atoms with E-state index in [0.717, 1.165) is 6.42 Å². The molecule has 0 aliphatic heterocycles. The first-order valence-corrected chi connectivity index (χ1v) is 6.14. The Balaban J connectivity index is 1.83. The van der Waals surface area contributed by atoms with Crippen molar-refractivity contribution in [2.75, 3.05) is 5.32 Å². The van der Waals surface area contributed by atoms with Crippen LogP contribution in [0, 0.1) is 11.8 Å². The maximum atomic E-state index is 11.8. The predicted molar refractivity (Wildman–Crippen MR) is 67.9 cm³/mol. The van der Waals surface area contributed by atoms with E-state index in [1.165, 1.54) is 0 Å². The van der Waals surface area contributed by atoms with Gasteiger partial charge in [0.15, 0.2) is 6.10 Å². The van der Waals surface area contributed by atoms with E-state index in [9.17, 15) is 9.59 Å². The average Bonchev–Trinajstić information content (AvgIpc) is 3.07. The average molecular weight is 247 g/mol. The smallest absolute Gasteiger partial charge is 0.309 e. The molecule has 18 heavy (non-hydrogen) atoms. The van der Waals surface area contributed by atoms with E-state index >= 15 is 0 Å². The van der Waals surface area contributed by atoms with Gasteiger partial charge in [0.25, 0.3) is 5.91 Å². The summed E-state index contributed by atoms with van der Waals surface area (Å²) in [5, 5.41) is 2.70. The zero-order valence-corrected chi connectivity index (χ0v) is 10.6. The van der Waals surface area contributed by atoms with Crippen LogP contribution in [0.2, 0.25) is 0 Å². The number of hydrogen-bond acceptors (Lipinski definition) is 3. The minimum absolute atomic E-state index is 0.0167. The van der Waals surface area contributed by atoms with Gasteiger partial charge in [-0.3, -0.25) is 9.59 Å². The number of benzene rings is 1. The number of amides is 1. The second-order valence-corrected chi connectivity index (χ2v) is 4.75. The summed E-state index contributed by atoms with van der Waals surface area (Å²) in [6.45, 7) is 3.59. The molecule has 0 heterocycles. The fraction of sp³-hybridized carbons (Fsp3) is 0.429. The summed E-state index contributed by atoms with van der Waals surface area (Å²) in [4.78, 5) is 23.4. The molecule has 0 spiro atoms. The van der Waals surface area contributed by atoms with Gasteiger partial charge >= 0.3 is 5.97 Å². The Morgan fingerprint density at radius 3 is 2.50 bits per heavy atom. The molecule has 1 aromatic carbocycles. The summed E-state index contributed by atoms with van der Waals surface area (Å²) in [5.41, 5.74) is 0.699. The van der Waals surface area contributed by atoms with Crippen LogP contribution in [0.5, 0.6) is 0 Å². The van der Waals surface area contributed by atoms with Crippen LogP contribution in [0.25, 0.3) is 0 Å². The highest BCUT2D eigenvalue weighted by Gasteiger charge is 2.41. The molecule has 0 radical (unpaired) electrons. The van der Waals surface area contributed by atoms with Gasteiger partial charge in [-0.05, 0) is 31.4 Å². The first kappa shape index (κ1) is 12.6. The molecule has 4 heteroatoms. The molecule has 2 rings (SSSR count). The zero-order valence-electron chi connectivity index (χ0n) is 10.6. The Morgan fingerprint density at radius 1 is 1.33 bits per heavy atom. The van der Waals surface area contributed by atoms with Crippen LogP contribution in [0.1, 0.15) is 20.3 Å². The topological polar surface area (TPSA) is 55.4 Å². The van der Waals surface area contributed by atoms with Crippen molar-refractivity contribution in [3.05, 3.63) is 30.3 Å². The molecule has 4 nitrogen and oxygen atoms in total. The van der Waals surface area contributed by atoms with Gasteiger partial charge in [0.1, 0.15) is 0 Å². The molecule has 96 valence electrons. The molecule has 1 N–H and O–H groups in total. The molecule has 0 bridgehead atoms. The number of hydrogen-bond donors (Lipinski definition) is 1. The van der Waals surface area contributed by atoms with Crippen LogP contribution < -0.4 is 5.32 Å². The third kappa shape index (κ3) is 3.09. The van der Waals surface area contributed by atoms with E-state index in [-0.39, 0.29) is 17.8 Å². The molecule has 1 fully saturated rings. The van der Waals surface area contributed by atoms with Crippen LogP contribution >= 0.6 is 0 Å². The van der Waals surface area contributed by atoms with E-state index in [2.05, 4.69) is 5.32 Å². The number of anilines is 1. The van der Waals surface area contributed by atoms with Crippen LogP contribution in [-0.4, -0.2) is 18.0 Å². The molecular weight excluding hydrogens is 230 g/mol. The quantitative estimate of drug-likeness (QED) is 0.830. The Morgan fingerprint density at radius 2 is 1.94 bits per heavy atom. The summed E-state index contributed by atoms with van der Waals surface area (Å²) < 4.78 is 5.13. The van der Waals surface area contributed by atoms with E-state index < -0.39 is 6.10 Å². The van der Waals surface area contributed by atoms with Crippen molar-refractivity contribution in [1.29, 1.82) is 0 Å². The summed E-state index contributed by atoms with van der Waals surface area (Å²) in [6.07, 6.45) is 0.108. The Kier molecular flexibility index (Phi) is 3.65. The van der Waals surface area contributed by atoms with Gasteiger partial charge in [0, 0.05) is 5.69 Å². The highest BCUT2D eigenvalue weighted by Crippen LogP contribution is 2.38. The molecule has 0 aromatic heterocycles. The lowest BCUT2D eigenvalue weighted by atomic mass is 10.3. The summed E-state index contributed by atoms with van der Waals surface area (Å²) in [6, 6.07) is 9.11. The largest absolute Gasteiger partial charge is 0.452 e. The number of para-hydroxylation sites is 1. The van der Waals surface area contributed by atoms with Crippen molar-refractivity contribution in [3.8, 4) is 0 Å².